The van der Waals surface area contributed by atoms with Gasteiger partial charge in [-0.1, -0.05) is 30.3 Å². The molecule has 1 aromatic carbocycles. The van der Waals surface area contributed by atoms with Crippen molar-refractivity contribution in [3.05, 3.63) is 60.1 Å². The minimum absolute atomic E-state index is 0.0321. The van der Waals surface area contributed by atoms with Gasteiger partial charge in [0.25, 0.3) is 0 Å². The predicted octanol–water partition coefficient (Wildman–Crippen LogP) is 3.68. The van der Waals surface area contributed by atoms with Crippen LogP contribution in [0.4, 0.5) is 0 Å². The van der Waals surface area contributed by atoms with Gasteiger partial charge in [-0.15, -0.1) is 0 Å². The Bertz CT molecular complexity index is 751. The number of ether oxygens (including phenoxy) is 1. The summed E-state index contributed by atoms with van der Waals surface area (Å²) < 4.78 is 10.6. The fraction of sp³-hybridized carbons (Fsp3) is 0.478. The number of guanidine groups is 1. The van der Waals surface area contributed by atoms with Crippen LogP contribution < -0.4 is 10.6 Å². The van der Waals surface area contributed by atoms with Crippen LogP contribution in [0.5, 0.6) is 0 Å². The second kappa shape index (κ2) is 11.3. The molecule has 1 saturated carbocycles. The summed E-state index contributed by atoms with van der Waals surface area (Å²) in [6.07, 6.45) is 6.08. The topological polar surface area (TPSA) is 75.9 Å². The zero-order chi connectivity index (χ0) is 20.3. The molecule has 0 aliphatic heterocycles. The summed E-state index contributed by atoms with van der Waals surface area (Å²) in [7, 11) is 0. The Morgan fingerprint density at radius 2 is 1.93 bits per heavy atom. The number of nitrogens with one attached hydrogen (secondary N) is 2. The van der Waals surface area contributed by atoms with Gasteiger partial charge in [0.2, 0.25) is 0 Å². The SMILES string of the molecule is CCOC(=O)C1CCC(NC(=NCc2ccccc2)NCCc2ccco2)CC1. The summed E-state index contributed by atoms with van der Waals surface area (Å²) in [6.45, 7) is 3.67. The largest absolute Gasteiger partial charge is 0.469 e. The smallest absolute Gasteiger partial charge is 0.308 e. The molecule has 1 aliphatic rings. The van der Waals surface area contributed by atoms with E-state index in [-0.39, 0.29) is 11.9 Å². The first-order valence-electron chi connectivity index (χ1n) is 10.5. The number of nitrogens with zero attached hydrogens (tertiary/aromatic N) is 1. The number of hydrogen-bond donors (Lipinski definition) is 2. The fourth-order valence-electron chi connectivity index (χ4n) is 3.59. The molecule has 2 N–H and O–H groups in total. The third-order valence-electron chi connectivity index (χ3n) is 5.19. The number of benzene rings is 1. The van der Waals surface area contributed by atoms with E-state index in [1.54, 1.807) is 6.26 Å². The number of furan rings is 1. The van der Waals surface area contributed by atoms with E-state index in [9.17, 15) is 4.79 Å². The minimum Gasteiger partial charge on any atom is -0.469 e. The third-order valence-corrected chi connectivity index (χ3v) is 5.19. The number of aliphatic imine (C=N–C) groups is 1. The van der Waals surface area contributed by atoms with Crippen LogP contribution in [0, 0.1) is 5.92 Å². The van der Waals surface area contributed by atoms with Crippen LogP contribution in [0.3, 0.4) is 0 Å². The first-order valence-corrected chi connectivity index (χ1v) is 10.5. The molecule has 1 aromatic heterocycles. The van der Waals surface area contributed by atoms with Gasteiger partial charge in [0, 0.05) is 19.0 Å². The summed E-state index contributed by atoms with van der Waals surface area (Å²) in [6, 6.07) is 14.4. The lowest BCUT2D eigenvalue weighted by atomic mass is 9.86. The minimum atomic E-state index is -0.0551. The molecule has 0 bridgehead atoms. The van der Waals surface area contributed by atoms with Crippen molar-refractivity contribution in [1.82, 2.24) is 10.6 Å². The molecule has 1 fully saturated rings. The van der Waals surface area contributed by atoms with Crippen LogP contribution in [0.15, 0.2) is 58.1 Å². The highest BCUT2D eigenvalue weighted by molar-refractivity contribution is 5.80. The third kappa shape index (κ3) is 6.97. The van der Waals surface area contributed by atoms with Gasteiger partial charge in [0.15, 0.2) is 5.96 Å². The maximum Gasteiger partial charge on any atom is 0.308 e. The Labute approximate surface area is 172 Å². The zero-order valence-electron chi connectivity index (χ0n) is 17.1. The summed E-state index contributed by atoms with van der Waals surface area (Å²) in [5.41, 5.74) is 1.17. The molecule has 0 radical (unpaired) electrons. The molecule has 2 aromatic rings. The lowest BCUT2D eigenvalue weighted by Crippen LogP contribution is -2.46. The van der Waals surface area contributed by atoms with Crippen molar-refractivity contribution in [2.75, 3.05) is 13.2 Å². The second-order valence-electron chi connectivity index (χ2n) is 7.35. The molecule has 1 heterocycles. The van der Waals surface area contributed by atoms with Gasteiger partial charge < -0.3 is 19.8 Å². The van der Waals surface area contributed by atoms with E-state index in [1.807, 2.05) is 37.3 Å². The second-order valence-corrected chi connectivity index (χ2v) is 7.35. The standard InChI is InChI=1S/C23H31N3O3/c1-2-28-22(27)19-10-12-20(13-11-19)26-23(24-15-14-21-9-6-16-29-21)25-17-18-7-4-3-5-8-18/h3-9,16,19-20H,2,10-15,17H2,1H3,(H2,24,25,26). The summed E-state index contributed by atoms with van der Waals surface area (Å²) in [5.74, 6) is 1.74. The molecule has 156 valence electrons. The van der Waals surface area contributed by atoms with Gasteiger partial charge in [0.05, 0.1) is 25.3 Å². The molecule has 29 heavy (non-hydrogen) atoms. The highest BCUT2D eigenvalue weighted by Crippen LogP contribution is 2.25. The number of rotatable bonds is 8. The van der Waals surface area contributed by atoms with E-state index in [0.29, 0.717) is 19.2 Å². The molecule has 0 unspecified atom stereocenters. The van der Waals surface area contributed by atoms with Gasteiger partial charge in [-0.25, -0.2) is 4.99 Å². The number of esters is 1. The Hall–Kier alpha value is -2.76. The fourth-order valence-corrected chi connectivity index (χ4v) is 3.59. The molecule has 0 atom stereocenters. The van der Waals surface area contributed by atoms with Crippen molar-refractivity contribution >= 4 is 11.9 Å². The van der Waals surface area contributed by atoms with Crippen LogP contribution in [-0.4, -0.2) is 31.1 Å². The Morgan fingerprint density at radius 1 is 1.14 bits per heavy atom. The highest BCUT2D eigenvalue weighted by atomic mass is 16.5. The Morgan fingerprint density at radius 3 is 2.62 bits per heavy atom. The monoisotopic (exact) mass is 397 g/mol. The first-order chi connectivity index (χ1) is 14.2. The average molecular weight is 398 g/mol. The highest BCUT2D eigenvalue weighted by Gasteiger charge is 2.27. The van der Waals surface area contributed by atoms with Crippen LogP contribution in [0.1, 0.15) is 43.9 Å². The number of hydrogen-bond acceptors (Lipinski definition) is 4. The van der Waals surface area contributed by atoms with Crippen molar-refractivity contribution in [2.24, 2.45) is 10.9 Å². The summed E-state index contributed by atoms with van der Waals surface area (Å²) in [4.78, 5) is 16.7. The molecule has 1 aliphatic carbocycles. The molecule has 6 heteroatoms. The molecule has 3 rings (SSSR count). The van der Waals surface area contributed by atoms with E-state index in [2.05, 4.69) is 22.8 Å². The molecule has 0 spiro atoms. The van der Waals surface area contributed by atoms with Crippen molar-refractivity contribution in [3.63, 3.8) is 0 Å². The van der Waals surface area contributed by atoms with Gasteiger partial charge in [0.1, 0.15) is 5.76 Å². The van der Waals surface area contributed by atoms with E-state index in [1.165, 1.54) is 5.56 Å². The van der Waals surface area contributed by atoms with E-state index < -0.39 is 0 Å². The Kier molecular flexibility index (Phi) is 8.16. The van der Waals surface area contributed by atoms with E-state index >= 15 is 0 Å². The summed E-state index contributed by atoms with van der Waals surface area (Å²) >= 11 is 0. The average Bonchev–Trinajstić information content (AvgIpc) is 3.27. The number of carbonyl (C=O) groups is 1. The van der Waals surface area contributed by atoms with Gasteiger partial charge in [-0.2, -0.15) is 0 Å². The molecular weight excluding hydrogens is 366 g/mol. The molecular formula is C23H31N3O3. The number of carbonyl (C=O) groups excluding carboxylic acids is 1. The zero-order valence-corrected chi connectivity index (χ0v) is 17.1. The maximum atomic E-state index is 12.0. The summed E-state index contributed by atoms with van der Waals surface area (Å²) in [5, 5.41) is 6.97. The van der Waals surface area contributed by atoms with Gasteiger partial charge >= 0.3 is 5.97 Å². The maximum absolute atomic E-state index is 12.0. The van der Waals surface area contributed by atoms with Crippen LogP contribution >= 0.6 is 0 Å². The molecule has 6 nitrogen and oxygen atoms in total. The van der Waals surface area contributed by atoms with Crippen molar-refractivity contribution in [2.45, 2.75) is 51.6 Å². The molecule has 0 amide bonds. The van der Waals surface area contributed by atoms with Crippen LogP contribution in [-0.2, 0) is 22.5 Å². The predicted molar refractivity (Wildman–Crippen MR) is 114 cm³/mol. The van der Waals surface area contributed by atoms with Crippen molar-refractivity contribution in [1.29, 1.82) is 0 Å². The lowest BCUT2D eigenvalue weighted by Gasteiger charge is -2.29. The Balaban J connectivity index is 1.53. The van der Waals surface area contributed by atoms with Gasteiger partial charge in [-0.3, -0.25) is 4.79 Å². The van der Waals surface area contributed by atoms with Crippen molar-refractivity contribution < 1.29 is 13.9 Å². The van der Waals surface area contributed by atoms with Crippen LogP contribution in [0.2, 0.25) is 0 Å². The van der Waals surface area contributed by atoms with Gasteiger partial charge in [-0.05, 0) is 50.3 Å². The lowest BCUT2D eigenvalue weighted by molar-refractivity contribution is -0.149. The molecule has 0 saturated heterocycles. The van der Waals surface area contributed by atoms with Crippen molar-refractivity contribution in [3.8, 4) is 0 Å². The normalized spacial score (nSPS) is 19.6. The first kappa shape index (κ1) is 21.0. The van der Waals surface area contributed by atoms with E-state index in [4.69, 9.17) is 14.1 Å². The van der Waals surface area contributed by atoms with E-state index in [0.717, 1.165) is 50.4 Å². The van der Waals surface area contributed by atoms with Crippen LogP contribution in [0.25, 0.3) is 0 Å². The quantitative estimate of drug-likeness (QED) is 0.404.